The number of nitrogens with one attached hydrogen (secondary N) is 1. The molecule has 0 fully saturated rings. The Bertz CT molecular complexity index is 1240. The Kier molecular flexibility index (Phi) is 8.09. The van der Waals surface area contributed by atoms with Crippen LogP contribution in [0.5, 0.6) is 17.2 Å². The number of carbonyl (C=O) groups is 1. The number of methoxy groups -OCH3 is 1. The van der Waals surface area contributed by atoms with Crippen molar-refractivity contribution in [3.8, 4) is 23.3 Å². The average Bonchev–Trinajstić information content (AvgIpc) is 2.84. The lowest BCUT2D eigenvalue weighted by Crippen LogP contribution is -2.13. The Morgan fingerprint density at radius 3 is 2.47 bits per heavy atom. The van der Waals surface area contributed by atoms with Crippen molar-refractivity contribution in [1.82, 2.24) is 0 Å². The average molecular weight is 455 g/mol. The van der Waals surface area contributed by atoms with Crippen LogP contribution >= 0.6 is 0 Å². The van der Waals surface area contributed by atoms with Crippen LogP contribution in [-0.4, -0.2) is 18.1 Å². The molecule has 0 spiro atoms. The number of aromatic hydroxyl groups is 1. The second kappa shape index (κ2) is 11.4. The van der Waals surface area contributed by atoms with Crippen LogP contribution in [0.2, 0.25) is 0 Å². The number of ether oxygens (including phenoxy) is 2. The predicted molar refractivity (Wildman–Crippen MR) is 133 cm³/mol. The first kappa shape index (κ1) is 24.1. The molecule has 0 aliphatic heterocycles. The summed E-state index contributed by atoms with van der Waals surface area (Å²) in [6.07, 6.45) is 3.77. The predicted octanol–water partition coefficient (Wildman–Crippen LogP) is 5.56. The molecule has 3 aromatic rings. The molecule has 0 atom stereocenters. The van der Waals surface area contributed by atoms with Gasteiger partial charge in [0.15, 0.2) is 11.5 Å². The van der Waals surface area contributed by atoms with E-state index in [1.54, 1.807) is 31.4 Å². The first-order valence-corrected chi connectivity index (χ1v) is 10.7. The number of hydrogen-bond acceptors (Lipinski definition) is 5. The zero-order valence-electron chi connectivity index (χ0n) is 19.2. The zero-order valence-corrected chi connectivity index (χ0v) is 19.2. The van der Waals surface area contributed by atoms with Crippen LogP contribution in [0.15, 0.2) is 78.9 Å². The summed E-state index contributed by atoms with van der Waals surface area (Å²) in [5, 5.41) is 21.6. The maximum Gasteiger partial charge on any atom is 0.266 e. The number of benzene rings is 3. The van der Waals surface area contributed by atoms with Gasteiger partial charge >= 0.3 is 0 Å². The molecule has 0 saturated heterocycles. The van der Waals surface area contributed by atoms with E-state index in [1.165, 1.54) is 23.8 Å². The number of rotatable bonds is 9. The van der Waals surface area contributed by atoms with Crippen LogP contribution in [-0.2, 0) is 17.8 Å². The number of hydrogen-bond donors (Lipinski definition) is 2. The number of aryl methyl sites for hydroxylation is 1. The van der Waals surface area contributed by atoms with Gasteiger partial charge in [0.1, 0.15) is 24.0 Å². The highest BCUT2D eigenvalue weighted by Crippen LogP contribution is 2.35. The van der Waals surface area contributed by atoms with Crippen LogP contribution in [0.1, 0.15) is 22.3 Å². The molecule has 34 heavy (non-hydrogen) atoms. The largest absolute Gasteiger partial charge is 0.508 e. The lowest BCUT2D eigenvalue weighted by atomic mass is 10.0. The Hall–Kier alpha value is -4.50. The van der Waals surface area contributed by atoms with Gasteiger partial charge in [0, 0.05) is 11.3 Å². The van der Waals surface area contributed by atoms with Crippen LogP contribution in [0, 0.1) is 18.3 Å². The molecule has 6 heteroatoms. The number of carbonyl (C=O) groups excluding carboxylic acids is 1. The highest BCUT2D eigenvalue weighted by atomic mass is 16.5. The molecule has 3 aromatic carbocycles. The molecule has 2 N–H and O–H groups in total. The summed E-state index contributed by atoms with van der Waals surface area (Å²) in [4.78, 5) is 12.6. The van der Waals surface area contributed by atoms with Crippen molar-refractivity contribution in [1.29, 1.82) is 5.26 Å². The first-order valence-electron chi connectivity index (χ1n) is 10.7. The minimum atomic E-state index is -0.558. The summed E-state index contributed by atoms with van der Waals surface area (Å²) >= 11 is 0. The molecule has 0 bridgehead atoms. The summed E-state index contributed by atoms with van der Waals surface area (Å²) < 4.78 is 11.7. The summed E-state index contributed by atoms with van der Waals surface area (Å²) in [7, 11) is 1.54. The zero-order chi connectivity index (χ0) is 24.5. The van der Waals surface area contributed by atoms with Crippen molar-refractivity contribution >= 4 is 17.7 Å². The molecular weight excluding hydrogens is 428 g/mol. The molecule has 0 radical (unpaired) electrons. The second-order valence-electron chi connectivity index (χ2n) is 7.65. The monoisotopic (exact) mass is 454 g/mol. The van der Waals surface area contributed by atoms with Crippen molar-refractivity contribution in [3.05, 3.63) is 101 Å². The third-order valence-corrected chi connectivity index (χ3v) is 5.04. The molecule has 1 amide bonds. The highest BCUT2D eigenvalue weighted by molar-refractivity contribution is 6.09. The van der Waals surface area contributed by atoms with Gasteiger partial charge in [-0.05, 0) is 66.9 Å². The highest BCUT2D eigenvalue weighted by Gasteiger charge is 2.15. The Morgan fingerprint density at radius 2 is 1.85 bits per heavy atom. The molecule has 0 heterocycles. The summed E-state index contributed by atoms with van der Waals surface area (Å²) in [6.45, 7) is 6.22. The molecule has 6 nitrogen and oxygen atoms in total. The van der Waals surface area contributed by atoms with Crippen molar-refractivity contribution in [2.24, 2.45) is 0 Å². The molecular formula is C28H26N2O4. The van der Waals surface area contributed by atoms with Gasteiger partial charge in [0.05, 0.1) is 7.11 Å². The maximum atomic E-state index is 12.6. The number of phenols is 1. The van der Waals surface area contributed by atoms with E-state index in [-0.39, 0.29) is 11.3 Å². The number of amides is 1. The third-order valence-electron chi connectivity index (χ3n) is 5.04. The van der Waals surface area contributed by atoms with Gasteiger partial charge in [-0.15, -0.1) is 6.58 Å². The smallest absolute Gasteiger partial charge is 0.266 e. The fraction of sp³-hybridized carbons (Fsp3) is 0.143. The fourth-order valence-electron chi connectivity index (χ4n) is 3.29. The van der Waals surface area contributed by atoms with Gasteiger partial charge in [-0.25, -0.2) is 0 Å². The van der Waals surface area contributed by atoms with Gasteiger partial charge in [0.25, 0.3) is 5.91 Å². The maximum absolute atomic E-state index is 12.6. The molecule has 0 aliphatic rings. The number of nitrogens with zero attached hydrogens (tertiary/aromatic N) is 1. The van der Waals surface area contributed by atoms with E-state index in [9.17, 15) is 15.2 Å². The lowest BCUT2D eigenvalue weighted by molar-refractivity contribution is -0.112. The van der Waals surface area contributed by atoms with Crippen molar-refractivity contribution in [2.75, 3.05) is 12.4 Å². The normalized spacial score (nSPS) is 10.8. The Labute approximate surface area is 199 Å². The van der Waals surface area contributed by atoms with Crippen molar-refractivity contribution in [3.63, 3.8) is 0 Å². The summed E-state index contributed by atoms with van der Waals surface area (Å²) in [6, 6.07) is 19.6. The molecule has 0 aliphatic carbocycles. The van der Waals surface area contributed by atoms with E-state index >= 15 is 0 Å². The lowest BCUT2D eigenvalue weighted by Gasteiger charge is -2.16. The minimum absolute atomic E-state index is 0.0759. The van der Waals surface area contributed by atoms with Gasteiger partial charge in [-0.2, -0.15) is 5.26 Å². The van der Waals surface area contributed by atoms with Crippen LogP contribution in [0.25, 0.3) is 6.08 Å². The van der Waals surface area contributed by atoms with Crippen molar-refractivity contribution in [2.45, 2.75) is 20.0 Å². The van der Waals surface area contributed by atoms with Gasteiger partial charge in [-0.3, -0.25) is 4.79 Å². The number of allylic oxidation sites excluding steroid dienone is 1. The third kappa shape index (κ3) is 6.27. The summed E-state index contributed by atoms with van der Waals surface area (Å²) in [5.74, 6) is 0.610. The minimum Gasteiger partial charge on any atom is -0.508 e. The van der Waals surface area contributed by atoms with Crippen LogP contribution in [0.3, 0.4) is 0 Å². The van der Waals surface area contributed by atoms with E-state index in [1.807, 2.05) is 43.3 Å². The molecule has 172 valence electrons. The van der Waals surface area contributed by atoms with E-state index in [0.717, 1.165) is 11.1 Å². The molecule has 0 saturated carbocycles. The number of anilines is 1. The number of nitriles is 1. The Morgan fingerprint density at radius 1 is 1.15 bits per heavy atom. The van der Waals surface area contributed by atoms with Crippen LogP contribution in [0.4, 0.5) is 5.69 Å². The summed E-state index contributed by atoms with van der Waals surface area (Å²) in [5.41, 5.74) is 4.03. The molecule has 3 rings (SSSR count). The van der Waals surface area contributed by atoms with E-state index in [2.05, 4.69) is 11.9 Å². The Balaban J connectivity index is 1.88. The fourth-order valence-corrected chi connectivity index (χ4v) is 3.29. The van der Waals surface area contributed by atoms with Crippen LogP contribution < -0.4 is 14.8 Å². The van der Waals surface area contributed by atoms with Gasteiger partial charge in [-0.1, -0.05) is 35.9 Å². The first-order chi connectivity index (χ1) is 16.4. The number of phenolic OH excluding ortho intramolecular Hbond substituents is 1. The topological polar surface area (TPSA) is 91.6 Å². The quantitative estimate of drug-likeness (QED) is 0.191. The van der Waals surface area contributed by atoms with E-state index < -0.39 is 5.91 Å². The SMILES string of the molecule is C=CCc1cc(/C=C(\C#N)C(=O)Nc2ccc(O)cc2)cc(OC)c1OCc1ccc(C)cc1. The van der Waals surface area contributed by atoms with E-state index in [0.29, 0.717) is 35.8 Å². The molecule has 0 aromatic heterocycles. The van der Waals surface area contributed by atoms with Gasteiger partial charge < -0.3 is 19.9 Å². The van der Waals surface area contributed by atoms with E-state index in [4.69, 9.17) is 9.47 Å². The standard InChI is InChI=1S/C28H26N2O4/c1-4-5-22-14-21(15-23(17-29)28(32)30-24-10-12-25(31)13-11-24)16-26(33-3)27(22)34-18-20-8-6-19(2)7-9-20/h4,6-16,31H,1,5,18H2,2-3H3,(H,30,32)/b23-15+. The molecule has 0 unspecified atom stereocenters. The van der Waals surface area contributed by atoms with Gasteiger partial charge in [0.2, 0.25) is 0 Å². The van der Waals surface area contributed by atoms with Crippen molar-refractivity contribution < 1.29 is 19.4 Å². The second-order valence-corrected chi connectivity index (χ2v) is 7.65.